The minimum absolute atomic E-state index is 0.0489. The van der Waals surface area contributed by atoms with Gasteiger partial charge in [-0.25, -0.2) is 25.6 Å². The molecule has 0 bridgehead atoms. The zero-order chi connectivity index (χ0) is 23.3. The Balaban J connectivity index is 1.95. The number of fused-ring (bicyclic) bond motifs is 3. The molecule has 1 aliphatic heterocycles. The Morgan fingerprint density at radius 1 is 1.06 bits per heavy atom. The van der Waals surface area contributed by atoms with Gasteiger partial charge in [0, 0.05) is 17.2 Å². The molecule has 0 N–H and O–H groups in total. The van der Waals surface area contributed by atoms with E-state index in [0.717, 1.165) is 18.4 Å². The number of sulfone groups is 2. The minimum atomic E-state index is -4.23. The number of ether oxygens (including phenoxy) is 1. The highest BCUT2D eigenvalue weighted by atomic mass is 35.5. The van der Waals surface area contributed by atoms with E-state index in [2.05, 4.69) is 0 Å². The second kappa shape index (κ2) is 8.25. The van der Waals surface area contributed by atoms with Crippen LogP contribution in [0, 0.1) is 23.5 Å². The summed E-state index contributed by atoms with van der Waals surface area (Å²) >= 11 is 5.94. The highest BCUT2D eigenvalue weighted by Gasteiger charge is 2.60. The maximum absolute atomic E-state index is 15.3. The van der Waals surface area contributed by atoms with Gasteiger partial charge in [0.2, 0.25) is 0 Å². The summed E-state index contributed by atoms with van der Waals surface area (Å²) in [6.45, 7) is -0.144. The average Bonchev–Trinajstić information content (AvgIpc) is 2.73. The second-order valence-electron chi connectivity index (χ2n) is 8.57. The molecule has 2 aromatic carbocycles. The summed E-state index contributed by atoms with van der Waals surface area (Å²) < 4.78 is 85.5. The summed E-state index contributed by atoms with van der Waals surface area (Å²) in [5.41, 5.74) is -0.298. The van der Waals surface area contributed by atoms with Crippen LogP contribution in [0.25, 0.3) is 0 Å². The van der Waals surface area contributed by atoms with E-state index in [9.17, 15) is 21.2 Å². The van der Waals surface area contributed by atoms with E-state index in [0.29, 0.717) is 17.9 Å². The van der Waals surface area contributed by atoms with Crippen LogP contribution < -0.4 is 4.74 Å². The zero-order valence-electron chi connectivity index (χ0n) is 17.4. The van der Waals surface area contributed by atoms with Gasteiger partial charge in [-0.3, -0.25) is 0 Å². The molecule has 0 unspecified atom stereocenters. The molecule has 1 heterocycles. The molecule has 0 amide bonds. The summed E-state index contributed by atoms with van der Waals surface area (Å²) in [4.78, 5) is -0.0489. The predicted octanol–water partition coefficient (Wildman–Crippen LogP) is 4.53. The topological polar surface area (TPSA) is 77.5 Å². The van der Waals surface area contributed by atoms with Crippen LogP contribution in [0.4, 0.5) is 8.78 Å². The number of halogens is 3. The molecule has 2 aliphatic rings. The van der Waals surface area contributed by atoms with Crippen LogP contribution in [-0.2, 0) is 24.4 Å². The largest absolute Gasteiger partial charge is 0.490 e. The molecule has 0 radical (unpaired) electrons. The quantitative estimate of drug-likeness (QED) is 0.598. The van der Waals surface area contributed by atoms with Crippen molar-refractivity contribution in [3.8, 4) is 5.75 Å². The van der Waals surface area contributed by atoms with Gasteiger partial charge in [0.15, 0.2) is 21.4 Å². The fourth-order valence-corrected chi connectivity index (χ4v) is 8.52. The van der Waals surface area contributed by atoms with Crippen LogP contribution in [0.5, 0.6) is 5.75 Å². The molecule has 174 valence electrons. The van der Waals surface area contributed by atoms with E-state index in [1.54, 1.807) is 0 Å². The summed E-state index contributed by atoms with van der Waals surface area (Å²) in [5, 5.41) is 0.345. The molecule has 10 heteroatoms. The van der Waals surface area contributed by atoms with E-state index < -0.39 is 42.0 Å². The lowest BCUT2D eigenvalue weighted by Crippen LogP contribution is -2.54. The Morgan fingerprint density at radius 2 is 1.72 bits per heavy atom. The van der Waals surface area contributed by atoms with Crippen molar-refractivity contribution in [3.05, 3.63) is 58.6 Å². The number of rotatable bonds is 5. The standard InChI is InChI=1S/C22H23ClF2O5S2/c1-31(26,27)12-10-14-3-2-11-22(32(28,29)16-6-4-15(23)5-7-16)17(14)13-30-21-19(25)9-8-18(24)20(21)22/h4-9,14,17H,2-3,10-13H2,1H3/t14-,17-,22-/m1/s1. The summed E-state index contributed by atoms with van der Waals surface area (Å²) in [5.74, 6) is -3.28. The van der Waals surface area contributed by atoms with Crippen LogP contribution in [0.2, 0.25) is 5.02 Å². The first-order chi connectivity index (χ1) is 15.0. The molecular weight excluding hydrogens is 482 g/mol. The first-order valence-electron chi connectivity index (χ1n) is 10.3. The summed E-state index contributed by atoms with van der Waals surface area (Å²) in [6, 6.07) is 7.42. The smallest absolute Gasteiger partial charge is 0.188 e. The average molecular weight is 505 g/mol. The van der Waals surface area contributed by atoms with Gasteiger partial charge >= 0.3 is 0 Å². The van der Waals surface area contributed by atoms with Gasteiger partial charge in [-0.2, -0.15) is 0 Å². The van der Waals surface area contributed by atoms with Crippen molar-refractivity contribution in [1.29, 1.82) is 0 Å². The molecule has 0 aromatic heterocycles. The lowest BCUT2D eigenvalue weighted by atomic mass is 9.66. The molecule has 1 fully saturated rings. The Bertz CT molecular complexity index is 1250. The van der Waals surface area contributed by atoms with Crippen LogP contribution in [-0.4, -0.2) is 35.5 Å². The normalized spacial score (nSPS) is 25.5. The van der Waals surface area contributed by atoms with Gasteiger partial charge in [0.1, 0.15) is 20.4 Å². The molecule has 5 nitrogen and oxygen atoms in total. The summed E-state index contributed by atoms with van der Waals surface area (Å²) in [7, 11) is -7.52. The van der Waals surface area contributed by atoms with Crippen molar-refractivity contribution < 1.29 is 30.4 Å². The van der Waals surface area contributed by atoms with Gasteiger partial charge in [0.05, 0.1) is 22.8 Å². The molecule has 4 rings (SSSR count). The molecule has 3 atom stereocenters. The van der Waals surface area contributed by atoms with Gasteiger partial charge < -0.3 is 4.74 Å². The monoisotopic (exact) mass is 504 g/mol. The third kappa shape index (κ3) is 3.82. The number of hydrogen-bond donors (Lipinski definition) is 0. The Morgan fingerprint density at radius 3 is 2.38 bits per heavy atom. The van der Waals surface area contributed by atoms with E-state index in [4.69, 9.17) is 16.3 Å². The molecule has 0 saturated heterocycles. The summed E-state index contributed by atoms with van der Waals surface area (Å²) in [6.07, 6.45) is 2.42. The van der Waals surface area contributed by atoms with Crippen molar-refractivity contribution in [1.82, 2.24) is 0 Å². The fraction of sp³-hybridized carbons (Fsp3) is 0.455. The number of hydrogen-bond acceptors (Lipinski definition) is 5. The lowest BCUT2D eigenvalue weighted by Gasteiger charge is -2.50. The molecule has 2 aromatic rings. The molecule has 1 saturated carbocycles. The zero-order valence-corrected chi connectivity index (χ0v) is 19.7. The van der Waals surface area contributed by atoms with Crippen LogP contribution >= 0.6 is 11.6 Å². The Kier molecular flexibility index (Phi) is 6.05. The van der Waals surface area contributed by atoms with Crippen LogP contribution in [0.3, 0.4) is 0 Å². The van der Waals surface area contributed by atoms with Crippen molar-refractivity contribution in [2.24, 2.45) is 11.8 Å². The molecule has 32 heavy (non-hydrogen) atoms. The second-order valence-corrected chi connectivity index (χ2v) is 13.5. The van der Waals surface area contributed by atoms with Gasteiger partial charge in [-0.05, 0) is 61.6 Å². The fourth-order valence-electron chi connectivity index (χ4n) is 5.22. The number of benzene rings is 2. The van der Waals surface area contributed by atoms with Crippen molar-refractivity contribution in [2.45, 2.75) is 35.3 Å². The molecule has 1 aliphatic carbocycles. The van der Waals surface area contributed by atoms with Crippen LogP contribution in [0.15, 0.2) is 41.3 Å². The van der Waals surface area contributed by atoms with E-state index >= 15 is 4.39 Å². The first-order valence-corrected chi connectivity index (χ1v) is 14.2. The third-order valence-corrected chi connectivity index (χ3v) is 10.4. The maximum atomic E-state index is 15.3. The van der Waals surface area contributed by atoms with Gasteiger partial charge in [-0.1, -0.05) is 18.0 Å². The van der Waals surface area contributed by atoms with Gasteiger partial charge in [-0.15, -0.1) is 0 Å². The van der Waals surface area contributed by atoms with E-state index in [-0.39, 0.29) is 47.3 Å². The van der Waals surface area contributed by atoms with Crippen molar-refractivity contribution >= 4 is 31.3 Å². The highest BCUT2D eigenvalue weighted by molar-refractivity contribution is 7.92. The Hall–Kier alpha value is -1.71. The molecule has 0 spiro atoms. The van der Waals surface area contributed by atoms with E-state index in [1.165, 1.54) is 24.3 Å². The SMILES string of the molecule is CS(=O)(=O)CC[C@H]1CCC[C@]2(S(=O)(=O)c3ccc(Cl)cc3)c3c(F)ccc(F)c3OC[C@H]12. The van der Waals surface area contributed by atoms with Crippen molar-refractivity contribution in [3.63, 3.8) is 0 Å². The lowest BCUT2D eigenvalue weighted by molar-refractivity contribution is 0.0735. The highest BCUT2D eigenvalue weighted by Crippen LogP contribution is 2.58. The first kappa shape index (κ1) is 23.4. The maximum Gasteiger partial charge on any atom is 0.188 e. The van der Waals surface area contributed by atoms with Crippen LogP contribution in [0.1, 0.15) is 31.2 Å². The predicted molar refractivity (Wildman–Crippen MR) is 117 cm³/mol. The molecular formula is C22H23ClF2O5S2. The minimum Gasteiger partial charge on any atom is -0.490 e. The Labute approximate surface area is 191 Å². The third-order valence-electron chi connectivity index (χ3n) is 6.64. The van der Waals surface area contributed by atoms with Crippen molar-refractivity contribution in [2.75, 3.05) is 18.6 Å². The van der Waals surface area contributed by atoms with E-state index in [1.807, 2.05) is 0 Å². The van der Waals surface area contributed by atoms with Gasteiger partial charge in [0.25, 0.3) is 0 Å².